The highest BCUT2D eigenvalue weighted by Gasteiger charge is 2.27. The van der Waals surface area contributed by atoms with Crippen LogP contribution in [0.25, 0.3) is 10.9 Å². The molecule has 150 valence electrons. The van der Waals surface area contributed by atoms with Crippen molar-refractivity contribution < 1.29 is 13.6 Å². The van der Waals surface area contributed by atoms with E-state index in [-0.39, 0.29) is 11.9 Å². The molecule has 0 bridgehead atoms. The molecule has 1 saturated heterocycles. The number of para-hydroxylation sites is 1. The number of fused-ring (bicyclic) bond motifs is 1. The predicted octanol–water partition coefficient (Wildman–Crippen LogP) is 4.36. The molecule has 1 amide bonds. The van der Waals surface area contributed by atoms with Crippen molar-refractivity contribution in [1.29, 1.82) is 0 Å². The summed E-state index contributed by atoms with van der Waals surface area (Å²) in [5, 5.41) is 3.73. The zero-order chi connectivity index (χ0) is 20.2. The Morgan fingerprint density at radius 3 is 2.62 bits per heavy atom. The normalized spacial score (nSPS) is 16.9. The molecule has 0 saturated carbocycles. The van der Waals surface area contributed by atoms with Gasteiger partial charge in [0.05, 0.1) is 5.52 Å². The lowest BCUT2D eigenvalue weighted by atomic mass is 10.0. The number of nitrogens with zero attached hydrogens (tertiary/aromatic N) is 3. The van der Waals surface area contributed by atoms with Crippen LogP contribution in [-0.2, 0) is 0 Å². The van der Waals surface area contributed by atoms with Gasteiger partial charge in [0.25, 0.3) is 12.3 Å². The topological polar surface area (TPSA) is 58.1 Å². The summed E-state index contributed by atoms with van der Waals surface area (Å²) < 4.78 is 26.8. The van der Waals surface area contributed by atoms with Crippen LogP contribution in [0.3, 0.4) is 0 Å². The number of hydrogen-bond donors (Lipinski definition) is 1. The number of carbonyl (C=O) groups excluding carboxylic acids is 1. The highest BCUT2D eigenvalue weighted by atomic mass is 19.3. The van der Waals surface area contributed by atoms with Gasteiger partial charge < -0.3 is 10.2 Å². The van der Waals surface area contributed by atoms with E-state index in [1.165, 1.54) is 0 Å². The summed E-state index contributed by atoms with van der Waals surface area (Å²) in [5.41, 5.74) is 1.10. The van der Waals surface area contributed by atoms with Crippen molar-refractivity contribution >= 4 is 22.6 Å². The lowest BCUT2D eigenvalue weighted by molar-refractivity contribution is 0.0949. The third kappa shape index (κ3) is 4.18. The number of carbonyl (C=O) groups is 1. The van der Waals surface area contributed by atoms with E-state index >= 15 is 0 Å². The van der Waals surface area contributed by atoms with Gasteiger partial charge in [-0.15, -0.1) is 0 Å². The Labute approximate surface area is 167 Å². The first-order valence-corrected chi connectivity index (χ1v) is 9.78. The Kier molecular flexibility index (Phi) is 5.64. The SMILES string of the molecule is O=C(NCC1CCCCN1c1nc(C(F)F)nc2ccccc12)c1ccccc1. The molecule has 1 aromatic heterocycles. The number of halogens is 2. The fourth-order valence-electron chi connectivity index (χ4n) is 3.79. The molecule has 1 unspecified atom stereocenters. The first-order chi connectivity index (χ1) is 14.1. The highest BCUT2D eigenvalue weighted by Crippen LogP contribution is 2.31. The number of piperidine rings is 1. The minimum absolute atomic E-state index is 0.0137. The van der Waals surface area contributed by atoms with Gasteiger partial charge in [-0.2, -0.15) is 0 Å². The van der Waals surface area contributed by atoms with Crippen LogP contribution < -0.4 is 10.2 Å². The average molecular weight is 396 g/mol. The minimum atomic E-state index is -2.74. The molecule has 0 spiro atoms. The van der Waals surface area contributed by atoms with Crippen LogP contribution in [0, 0.1) is 0 Å². The number of hydrogen-bond acceptors (Lipinski definition) is 4. The molecule has 7 heteroatoms. The van der Waals surface area contributed by atoms with Gasteiger partial charge in [-0.3, -0.25) is 4.79 Å². The van der Waals surface area contributed by atoms with Gasteiger partial charge in [0.1, 0.15) is 5.82 Å². The van der Waals surface area contributed by atoms with Crippen molar-refractivity contribution in [3.8, 4) is 0 Å². The Bertz CT molecular complexity index is 997. The van der Waals surface area contributed by atoms with E-state index in [0.29, 0.717) is 30.0 Å². The molecule has 0 aliphatic carbocycles. The van der Waals surface area contributed by atoms with Gasteiger partial charge in [0.15, 0.2) is 5.82 Å². The maximum absolute atomic E-state index is 13.4. The summed E-state index contributed by atoms with van der Waals surface area (Å²) in [5.74, 6) is -0.0853. The number of aromatic nitrogens is 2. The summed E-state index contributed by atoms with van der Waals surface area (Å²) >= 11 is 0. The lowest BCUT2D eigenvalue weighted by Gasteiger charge is -2.37. The molecule has 1 aliphatic rings. The van der Waals surface area contributed by atoms with Crippen LogP contribution in [0.5, 0.6) is 0 Å². The standard InChI is InChI=1S/C22H22F2N4O/c23-19(24)20-26-18-12-5-4-11-17(18)21(27-20)28-13-7-6-10-16(28)14-25-22(29)15-8-2-1-3-9-15/h1-5,8-9,11-12,16,19H,6-7,10,13-14H2,(H,25,29). The molecule has 1 N–H and O–H groups in total. The maximum atomic E-state index is 13.4. The zero-order valence-electron chi connectivity index (χ0n) is 15.9. The smallest absolute Gasteiger partial charge is 0.297 e. The average Bonchev–Trinajstić information content (AvgIpc) is 2.77. The van der Waals surface area contributed by atoms with E-state index in [1.54, 1.807) is 24.3 Å². The summed E-state index contributed by atoms with van der Waals surface area (Å²) in [6.45, 7) is 1.13. The minimum Gasteiger partial charge on any atom is -0.351 e. The van der Waals surface area contributed by atoms with E-state index < -0.39 is 12.2 Å². The third-order valence-corrected chi connectivity index (χ3v) is 5.23. The Morgan fingerprint density at radius 1 is 1.07 bits per heavy atom. The van der Waals surface area contributed by atoms with Crippen molar-refractivity contribution in [2.45, 2.75) is 31.7 Å². The van der Waals surface area contributed by atoms with Crippen LogP contribution in [0.4, 0.5) is 14.6 Å². The van der Waals surface area contributed by atoms with Gasteiger partial charge in [0.2, 0.25) is 0 Å². The second-order valence-corrected chi connectivity index (χ2v) is 7.14. The second-order valence-electron chi connectivity index (χ2n) is 7.14. The predicted molar refractivity (Wildman–Crippen MR) is 108 cm³/mol. The van der Waals surface area contributed by atoms with E-state index in [9.17, 15) is 13.6 Å². The first kappa shape index (κ1) is 19.2. The molecule has 1 aliphatic heterocycles. The number of benzene rings is 2. The van der Waals surface area contributed by atoms with Gasteiger partial charge in [0, 0.05) is 30.1 Å². The third-order valence-electron chi connectivity index (χ3n) is 5.23. The van der Waals surface area contributed by atoms with Crippen molar-refractivity contribution in [3.63, 3.8) is 0 Å². The molecule has 3 aromatic rings. The van der Waals surface area contributed by atoms with Gasteiger partial charge in [-0.05, 0) is 43.5 Å². The van der Waals surface area contributed by atoms with E-state index in [1.807, 2.05) is 35.2 Å². The van der Waals surface area contributed by atoms with Gasteiger partial charge in [-0.25, -0.2) is 18.7 Å². The van der Waals surface area contributed by atoms with Crippen molar-refractivity contribution in [2.75, 3.05) is 18.0 Å². The lowest BCUT2D eigenvalue weighted by Crippen LogP contribution is -2.47. The molecular formula is C22H22F2N4O. The largest absolute Gasteiger partial charge is 0.351 e. The molecule has 5 nitrogen and oxygen atoms in total. The summed E-state index contributed by atoms with van der Waals surface area (Å²) in [7, 11) is 0. The molecule has 2 heterocycles. The maximum Gasteiger partial charge on any atom is 0.297 e. The molecule has 2 aromatic carbocycles. The van der Waals surface area contributed by atoms with Gasteiger partial charge >= 0.3 is 0 Å². The number of anilines is 1. The van der Waals surface area contributed by atoms with E-state index in [0.717, 1.165) is 24.6 Å². The Hall–Kier alpha value is -3.09. The Morgan fingerprint density at radius 2 is 1.83 bits per heavy atom. The summed E-state index contributed by atoms with van der Waals surface area (Å²) in [4.78, 5) is 22.7. The van der Waals surface area contributed by atoms with E-state index in [4.69, 9.17) is 0 Å². The number of amides is 1. The fourth-order valence-corrected chi connectivity index (χ4v) is 3.79. The summed E-state index contributed by atoms with van der Waals surface area (Å²) in [6.07, 6.45) is 0.0927. The number of rotatable bonds is 5. The zero-order valence-corrected chi connectivity index (χ0v) is 15.9. The molecule has 1 fully saturated rings. The monoisotopic (exact) mass is 396 g/mol. The molecular weight excluding hydrogens is 374 g/mol. The quantitative estimate of drug-likeness (QED) is 0.696. The van der Waals surface area contributed by atoms with Crippen LogP contribution in [-0.4, -0.2) is 35.0 Å². The van der Waals surface area contributed by atoms with Crippen LogP contribution in [0.15, 0.2) is 54.6 Å². The van der Waals surface area contributed by atoms with Crippen molar-refractivity contribution in [1.82, 2.24) is 15.3 Å². The van der Waals surface area contributed by atoms with Crippen LogP contribution >= 0.6 is 0 Å². The molecule has 4 rings (SSSR count). The highest BCUT2D eigenvalue weighted by molar-refractivity contribution is 5.94. The van der Waals surface area contributed by atoms with Crippen molar-refractivity contribution in [3.05, 3.63) is 66.0 Å². The molecule has 29 heavy (non-hydrogen) atoms. The fraction of sp³-hybridized carbons (Fsp3) is 0.318. The van der Waals surface area contributed by atoms with Crippen LogP contribution in [0.2, 0.25) is 0 Å². The van der Waals surface area contributed by atoms with Crippen molar-refractivity contribution in [2.24, 2.45) is 0 Å². The van der Waals surface area contributed by atoms with E-state index in [2.05, 4.69) is 15.3 Å². The van der Waals surface area contributed by atoms with Gasteiger partial charge in [-0.1, -0.05) is 30.3 Å². The second kappa shape index (κ2) is 8.51. The number of nitrogens with one attached hydrogen (secondary N) is 1. The Balaban J connectivity index is 1.61. The summed E-state index contributed by atoms with van der Waals surface area (Å²) in [6, 6.07) is 16.2. The number of alkyl halides is 2. The molecule has 0 radical (unpaired) electrons. The first-order valence-electron chi connectivity index (χ1n) is 9.78. The molecule has 1 atom stereocenters. The van der Waals surface area contributed by atoms with Crippen LogP contribution in [0.1, 0.15) is 41.9 Å².